The first kappa shape index (κ1) is 22.6. The third-order valence-electron chi connectivity index (χ3n) is 3.87. The van der Waals surface area contributed by atoms with E-state index in [1.807, 2.05) is 6.92 Å². The van der Waals surface area contributed by atoms with E-state index in [1.54, 1.807) is 6.92 Å². The lowest BCUT2D eigenvalue weighted by Gasteiger charge is -2.21. The first-order valence-electron chi connectivity index (χ1n) is 8.70. The third-order valence-corrected chi connectivity index (χ3v) is 3.87. The molecule has 2 rings (SSSR count). The number of nitrogens with zero attached hydrogens (tertiary/aromatic N) is 5. The van der Waals surface area contributed by atoms with Crippen molar-refractivity contribution in [3.8, 4) is 11.5 Å². The maximum absolute atomic E-state index is 13.1. The zero-order chi connectivity index (χ0) is 21.8. The van der Waals surface area contributed by atoms with Gasteiger partial charge in [0.25, 0.3) is 0 Å². The van der Waals surface area contributed by atoms with Crippen molar-refractivity contribution >= 4 is 11.9 Å². The van der Waals surface area contributed by atoms with E-state index in [0.717, 1.165) is 12.3 Å². The Hall–Kier alpha value is -2.73. The van der Waals surface area contributed by atoms with Crippen LogP contribution in [-0.4, -0.2) is 43.2 Å². The molecule has 0 aliphatic heterocycles. The van der Waals surface area contributed by atoms with Crippen LogP contribution in [0, 0.1) is 0 Å². The maximum atomic E-state index is 13.1. The van der Waals surface area contributed by atoms with Crippen molar-refractivity contribution in [3.63, 3.8) is 0 Å². The molecule has 0 bridgehead atoms. The Bertz CT molecular complexity index is 824. The van der Waals surface area contributed by atoms with Crippen LogP contribution in [-0.2, 0) is 6.18 Å². The highest BCUT2D eigenvalue weighted by molar-refractivity contribution is 5.53. The number of anilines is 2. The molecule has 0 amide bonds. The molecule has 7 nitrogen and oxygen atoms in total. The van der Waals surface area contributed by atoms with Crippen molar-refractivity contribution in [3.05, 3.63) is 18.1 Å². The van der Waals surface area contributed by atoms with Crippen molar-refractivity contribution in [1.29, 1.82) is 0 Å². The first-order valence-corrected chi connectivity index (χ1v) is 8.70. The van der Waals surface area contributed by atoms with Gasteiger partial charge in [-0.15, -0.1) is 0 Å². The summed E-state index contributed by atoms with van der Waals surface area (Å²) in [5.41, 5.74) is -0.301. The zero-order valence-corrected chi connectivity index (χ0v) is 15.7. The Morgan fingerprint density at radius 3 is 2.03 bits per heavy atom. The molecule has 0 radical (unpaired) electrons. The Labute approximate surface area is 162 Å². The molecule has 160 valence electrons. The molecule has 0 spiro atoms. The second kappa shape index (κ2) is 8.74. The molecule has 0 aliphatic carbocycles. The van der Waals surface area contributed by atoms with Gasteiger partial charge in [0, 0.05) is 12.2 Å². The predicted molar refractivity (Wildman–Crippen MR) is 93.0 cm³/mol. The smallest absolute Gasteiger partial charge is 0.352 e. The van der Waals surface area contributed by atoms with Crippen LogP contribution >= 0.6 is 0 Å². The minimum absolute atomic E-state index is 0.0870. The molecule has 0 saturated carbocycles. The second-order valence-electron chi connectivity index (χ2n) is 6.17. The molecule has 0 fully saturated rings. The van der Waals surface area contributed by atoms with Gasteiger partial charge in [0.05, 0.1) is 0 Å². The maximum Gasteiger partial charge on any atom is 0.451 e. The molecule has 2 atom stereocenters. The average Bonchev–Trinajstić information content (AvgIpc) is 2.64. The van der Waals surface area contributed by atoms with Gasteiger partial charge in [-0.1, -0.05) is 13.8 Å². The fraction of sp³-hybridized carbons (Fsp3) is 0.562. The standard InChI is InChI=1S/C16H19F6N7/c1-4-8(3)24-13-27-11(9-6-7-23-12(25-9)16(20,21)22)28-14(29-13)26-10(5-2)15(17,18)19/h6-8,10H,4-5H2,1-3H3,(H2,24,26,27,28,29)/t8-,10+/m1/s1. The molecule has 13 heteroatoms. The van der Waals surface area contributed by atoms with Crippen molar-refractivity contribution in [2.24, 2.45) is 0 Å². The number of nitrogens with one attached hydrogen (secondary N) is 2. The number of rotatable bonds is 7. The number of hydrogen-bond donors (Lipinski definition) is 2. The summed E-state index contributed by atoms with van der Waals surface area (Å²) >= 11 is 0. The highest BCUT2D eigenvalue weighted by Crippen LogP contribution is 2.28. The molecule has 2 N–H and O–H groups in total. The molecule has 2 heterocycles. The van der Waals surface area contributed by atoms with E-state index in [-0.39, 0.29) is 29.9 Å². The van der Waals surface area contributed by atoms with E-state index in [9.17, 15) is 26.3 Å². The van der Waals surface area contributed by atoms with Gasteiger partial charge in [0.1, 0.15) is 11.7 Å². The van der Waals surface area contributed by atoms with Crippen LogP contribution in [0.15, 0.2) is 12.3 Å². The monoisotopic (exact) mass is 423 g/mol. The highest BCUT2D eigenvalue weighted by atomic mass is 19.4. The molecule has 0 aliphatic rings. The summed E-state index contributed by atoms with van der Waals surface area (Å²) in [4.78, 5) is 18.3. The Morgan fingerprint density at radius 2 is 1.52 bits per heavy atom. The Balaban J connectivity index is 2.50. The fourth-order valence-electron chi connectivity index (χ4n) is 2.13. The lowest BCUT2D eigenvalue weighted by molar-refractivity contribution is -0.145. The summed E-state index contributed by atoms with van der Waals surface area (Å²) in [6.07, 6.45) is -8.15. The molecule has 0 aromatic carbocycles. The van der Waals surface area contributed by atoms with Gasteiger partial charge in [0.2, 0.25) is 17.7 Å². The van der Waals surface area contributed by atoms with Crippen molar-refractivity contribution < 1.29 is 26.3 Å². The van der Waals surface area contributed by atoms with Gasteiger partial charge in [-0.25, -0.2) is 9.97 Å². The van der Waals surface area contributed by atoms with Gasteiger partial charge in [-0.05, 0) is 25.8 Å². The Morgan fingerprint density at radius 1 is 0.897 bits per heavy atom. The van der Waals surface area contributed by atoms with Crippen LogP contribution in [0.5, 0.6) is 0 Å². The van der Waals surface area contributed by atoms with Gasteiger partial charge in [-0.3, -0.25) is 0 Å². The van der Waals surface area contributed by atoms with E-state index in [0.29, 0.717) is 6.42 Å². The SMILES string of the molecule is CC[C@@H](C)Nc1nc(N[C@@H](CC)C(F)(F)F)nc(-c2ccnc(C(F)(F)F)n2)n1. The molecule has 0 unspecified atom stereocenters. The summed E-state index contributed by atoms with van der Waals surface area (Å²) in [5.74, 6) is -2.26. The summed E-state index contributed by atoms with van der Waals surface area (Å²) < 4.78 is 77.9. The lowest BCUT2D eigenvalue weighted by Crippen LogP contribution is -2.36. The van der Waals surface area contributed by atoms with Crippen LogP contribution in [0.1, 0.15) is 39.4 Å². The topological polar surface area (TPSA) is 88.5 Å². The van der Waals surface area contributed by atoms with E-state index in [4.69, 9.17) is 0 Å². The number of hydrogen-bond acceptors (Lipinski definition) is 7. The molecular formula is C16H19F6N7. The Kier molecular flexibility index (Phi) is 6.80. The molecule has 2 aromatic heterocycles. The minimum atomic E-state index is -4.80. The normalized spacial score (nSPS) is 14.4. The van der Waals surface area contributed by atoms with E-state index in [2.05, 4.69) is 35.6 Å². The number of aromatic nitrogens is 5. The van der Waals surface area contributed by atoms with E-state index < -0.39 is 30.2 Å². The lowest BCUT2D eigenvalue weighted by atomic mass is 10.2. The predicted octanol–water partition coefficient (Wildman–Crippen LogP) is 4.31. The average molecular weight is 423 g/mol. The summed E-state index contributed by atoms with van der Waals surface area (Å²) in [7, 11) is 0. The number of halogens is 6. The van der Waals surface area contributed by atoms with Crippen LogP contribution in [0.25, 0.3) is 11.5 Å². The van der Waals surface area contributed by atoms with Crippen LogP contribution < -0.4 is 10.6 Å². The molecule has 29 heavy (non-hydrogen) atoms. The molecular weight excluding hydrogens is 404 g/mol. The van der Waals surface area contributed by atoms with Crippen molar-refractivity contribution in [2.75, 3.05) is 10.6 Å². The largest absolute Gasteiger partial charge is 0.451 e. The summed E-state index contributed by atoms with van der Waals surface area (Å²) in [6.45, 7) is 4.97. The third kappa shape index (κ3) is 6.12. The van der Waals surface area contributed by atoms with E-state index in [1.165, 1.54) is 6.92 Å². The van der Waals surface area contributed by atoms with Crippen molar-refractivity contribution in [1.82, 2.24) is 24.9 Å². The van der Waals surface area contributed by atoms with E-state index >= 15 is 0 Å². The van der Waals surface area contributed by atoms with Crippen LogP contribution in [0.4, 0.5) is 38.2 Å². The fourth-order valence-corrected chi connectivity index (χ4v) is 2.13. The zero-order valence-electron chi connectivity index (χ0n) is 15.7. The van der Waals surface area contributed by atoms with Gasteiger partial charge < -0.3 is 10.6 Å². The quantitative estimate of drug-likeness (QED) is 0.642. The highest BCUT2D eigenvalue weighted by Gasteiger charge is 2.39. The molecule has 0 saturated heterocycles. The molecule has 2 aromatic rings. The van der Waals surface area contributed by atoms with Crippen LogP contribution in [0.3, 0.4) is 0 Å². The van der Waals surface area contributed by atoms with Gasteiger partial charge in [0.15, 0.2) is 5.82 Å². The minimum Gasteiger partial charge on any atom is -0.352 e. The van der Waals surface area contributed by atoms with Crippen molar-refractivity contribution in [2.45, 2.75) is 58.0 Å². The number of alkyl halides is 6. The first-order chi connectivity index (χ1) is 13.4. The van der Waals surface area contributed by atoms with Crippen LogP contribution in [0.2, 0.25) is 0 Å². The summed E-state index contributed by atoms with van der Waals surface area (Å²) in [6, 6.07) is -0.952. The summed E-state index contributed by atoms with van der Waals surface area (Å²) in [5, 5.41) is 5.03. The second-order valence-corrected chi connectivity index (χ2v) is 6.17. The van der Waals surface area contributed by atoms with Gasteiger partial charge in [-0.2, -0.15) is 41.3 Å². The van der Waals surface area contributed by atoms with Gasteiger partial charge >= 0.3 is 12.4 Å².